The molecule has 1 aliphatic heterocycles. The Labute approximate surface area is 177 Å². The van der Waals surface area contributed by atoms with Crippen molar-refractivity contribution in [3.63, 3.8) is 0 Å². The number of allylic oxidation sites excluding steroid dienone is 1. The topological polar surface area (TPSA) is 70.7 Å². The molecule has 0 spiro atoms. The predicted molar refractivity (Wildman–Crippen MR) is 117 cm³/mol. The molecule has 1 amide bonds. The first-order valence-electron chi connectivity index (χ1n) is 10.1. The molecule has 2 aliphatic rings. The van der Waals surface area contributed by atoms with Crippen LogP contribution < -0.4 is 10.6 Å². The third-order valence-electron chi connectivity index (χ3n) is 5.51. The second-order valence-corrected chi connectivity index (χ2v) is 8.56. The highest BCUT2D eigenvalue weighted by Gasteiger charge is 2.33. The van der Waals surface area contributed by atoms with E-state index in [0.717, 1.165) is 36.2 Å². The van der Waals surface area contributed by atoms with E-state index in [2.05, 4.69) is 10.6 Å². The van der Waals surface area contributed by atoms with Crippen molar-refractivity contribution in [1.29, 1.82) is 0 Å². The first-order chi connectivity index (χ1) is 13.8. The smallest absolute Gasteiger partial charge is 0.338 e. The highest BCUT2D eigenvalue weighted by Crippen LogP contribution is 2.32. The van der Waals surface area contributed by atoms with E-state index in [1.54, 1.807) is 4.90 Å². The number of amides is 1. The van der Waals surface area contributed by atoms with Crippen molar-refractivity contribution in [2.45, 2.75) is 46.1 Å². The van der Waals surface area contributed by atoms with Gasteiger partial charge in [0.05, 0.1) is 18.2 Å². The van der Waals surface area contributed by atoms with Crippen LogP contribution in [-0.4, -0.2) is 35.5 Å². The lowest BCUT2D eigenvalue weighted by atomic mass is 9.85. The Kier molecular flexibility index (Phi) is 6.57. The third-order valence-corrected chi connectivity index (χ3v) is 5.90. The molecule has 29 heavy (non-hydrogen) atoms. The fourth-order valence-corrected chi connectivity index (χ4v) is 3.60. The van der Waals surface area contributed by atoms with E-state index in [9.17, 15) is 9.59 Å². The van der Waals surface area contributed by atoms with Crippen molar-refractivity contribution in [3.8, 4) is 0 Å². The van der Waals surface area contributed by atoms with E-state index in [0.29, 0.717) is 17.3 Å². The van der Waals surface area contributed by atoms with Crippen LogP contribution >= 0.6 is 12.2 Å². The lowest BCUT2D eigenvalue weighted by molar-refractivity contribution is -0.140. The Bertz CT molecular complexity index is 828. The molecule has 3 rings (SSSR count). The lowest BCUT2D eigenvalue weighted by Gasteiger charge is -2.35. The zero-order valence-corrected chi connectivity index (χ0v) is 18.3. The van der Waals surface area contributed by atoms with Crippen LogP contribution in [0.25, 0.3) is 0 Å². The summed E-state index contributed by atoms with van der Waals surface area (Å²) in [5, 5.41) is 6.76. The van der Waals surface area contributed by atoms with Crippen LogP contribution in [0.4, 0.5) is 5.69 Å². The Morgan fingerprint density at radius 2 is 1.93 bits per heavy atom. The molecular weight excluding hydrogens is 386 g/mol. The van der Waals surface area contributed by atoms with Crippen LogP contribution in [0.15, 0.2) is 35.5 Å². The third kappa shape index (κ3) is 4.78. The van der Waals surface area contributed by atoms with Gasteiger partial charge in [-0.05, 0) is 55.6 Å². The summed E-state index contributed by atoms with van der Waals surface area (Å²) in [4.78, 5) is 26.8. The highest BCUT2D eigenvalue weighted by molar-refractivity contribution is 7.80. The van der Waals surface area contributed by atoms with Crippen molar-refractivity contribution < 1.29 is 14.3 Å². The van der Waals surface area contributed by atoms with Gasteiger partial charge < -0.3 is 20.3 Å². The van der Waals surface area contributed by atoms with Crippen LogP contribution in [0.2, 0.25) is 0 Å². The SMILES string of the molecule is CC1=C(C(=O)OCC(C)C)C(c2ccc(NC(=O)C3CCC3)cc2)NC(=S)N1C. The summed E-state index contributed by atoms with van der Waals surface area (Å²) >= 11 is 5.43. The molecule has 0 aromatic heterocycles. The maximum Gasteiger partial charge on any atom is 0.338 e. The summed E-state index contributed by atoms with van der Waals surface area (Å²) in [7, 11) is 1.83. The molecule has 0 bridgehead atoms. The van der Waals surface area contributed by atoms with Crippen LogP contribution in [-0.2, 0) is 14.3 Å². The standard InChI is InChI=1S/C22H29N3O3S/c1-13(2)12-28-21(27)18-14(3)25(4)22(29)24-19(18)15-8-10-17(11-9-15)23-20(26)16-6-5-7-16/h8-11,13,16,19H,5-7,12H2,1-4H3,(H,23,26)(H,24,29). The first-order valence-corrected chi connectivity index (χ1v) is 10.5. The number of anilines is 1. The minimum atomic E-state index is -0.394. The van der Waals surface area contributed by atoms with Gasteiger partial charge in [0.25, 0.3) is 0 Å². The van der Waals surface area contributed by atoms with Crippen molar-refractivity contribution in [1.82, 2.24) is 10.2 Å². The zero-order valence-electron chi connectivity index (χ0n) is 17.5. The van der Waals surface area contributed by atoms with Gasteiger partial charge in [0, 0.05) is 24.4 Å². The molecule has 1 unspecified atom stereocenters. The number of rotatable bonds is 6. The van der Waals surface area contributed by atoms with Gasteiger partial charge in [-0.25, -0.2) is 4.79 Å². The van der Waals surface area contributed by atoms with E-state index in [1.165, 1.54) is 0 Å². The van der Waals surface area contributed by atoms with Crippen LogP contribution in [0.1, 0.15) is 51.6 Å². The van der Waals surface area contributed by atoms with Crippen LogP contribution in [0.5, 0.6) is 0 Å². The Morgan fingerprint density at radius 1 is 1.28 bits per heavy atom. The number of carbonyl (C=O) groups is 2. The largest absolute Gasteiger partial charge is 0.462 e. The van der Waals surface area contributed by atoms with E-state index in [1.807, 2.05) is 52.1 Å². The molecule has 1 heterocycles. The maximum atomic E-state index is 12.8. The maximum absolute atomic E-state index is 12.8. The highest BCUT2D eigenvalue weighted by atomic mass is 32.1. The van der Waals surface area contributed by atoms with Crippen molar-refractivity contribution >= 4 is 34.9 Å². The monoisotopic (exact) mass is 415 g/mol. The number of esters is 1. The average Bonchev–Trinajstić information content (AvgIpc) is 2.63. The predicted octanol–water partition coefficient (Wildman–Crippen LogP) is 3.76. The molecule has 1 atom stereocenters. The first kappa shape index (κ1) is 21.3. The molecule has 0 saturated heterocycles. The Morgan fingerprint density at radius 3 is 2.48 bits per heavy atom. The Hall–Kier alpha value is -2.41. The van der Waals surface area contributed by atoms with Gasteiger partial charge in [0.2, 0.25) is 5.91 Å². The molecule has 1 saturated carbocycles. The van der Waals surface area contributed by atoms with Gasteiger partial charge in [0.15, 0.2) is 5.11 Å². The number of benzene rings is 1. The molecular formula is C22H29N3O3S. The lowest BCUT2D eigenvalue weighted by Crippen LogP contribution is -2.46. The van der Waals surface area contributed by atoms with Gasteiger partial charge in [-0.1, -0.05) is 32.4 Å². The second kappa shape index (κ2) is 8.95. The van der Waals surface area contributed by atoms with Crippen LogP contribution in [0.3, 0.4) is 0 Å². The molecule has 0 radical (unpaired) electrons. The molecule has 1 aromatic carbocycles. The van der Waals surface area contributed by atoms with Crippen molar-refractivity contribution in [2.75, 3.05) is 19.0 Å². The number of nitrogens with zero attached hydrogens (tertiary/aromatic N) is 1. The van der Waals surface area contributed by atoms with Crippen molar-refractivity contribution in [2.24, 2.45) is 11.8 Å². The normalized spacial score (nSPS) is 19.7. The van der Waals surface area contributed by atoms with Crippen molar-refractivity contribution in [3.05, 3.63) is 41.1 Å². The molecule has 1 aromatic rings. The summed E-state index contributed by atoms with van der Waals surface area (Å²) in [6.45, 7) is 6.24. The van der Waals surface area contributed by atoms with E-state index >= 15 is 0 Å². The number of carbonyl (C=O) groups excluding carboxylic acids is 2. The fraction of sp³-hybridized carbons (Fsp3) is 0.500. The summed E-state index contributed by atoms with van der Waals surface area (Å²) < 4.78 is 5.51. The number of ether oxygens (including phenoxy) is 1. The van der Waals surface area contributed by atoms with Gasteiger partial charge >= 0.3 is 5.97 Å². The minimum absolute atomic E-state index is 0.0799. The number of thiocarbonyl (C=S) groups is 1. The van der Waals surface area contributed by atoms with Gasteiger partial charge in [-0.2, -0.15) is 0 Å². The fourth-order valence-electron chi connectivity index (χ4n) is 3.34. The molecule has 6 nitrogen and oxygen atoms in total. The molecule has 2 N–H and O–H groups in total. The van der Waals surface area contributed by atoms with Gasteiger partial charge in [-0.15, -0.1) is 0 Å². The summed E-state index contributed by atoms with van der Waals surface area (Å²) in [6, 6.07) is 7.15. The molecule has 1 aliphatic carbocycles. The zero-order chi connectivity index (χ0) is 21.1. The molecule has 1 fully saturated rings. The molecule has 156 valence electrons. The minimum Gasteiger partial charge on any atom is -0.462 e. The molecule has 7 heteroatoms. The quantitative estimate of drug-likeness (QED) is 0.545. The number of hydrogen-bond donors (Lipinski definition) is 2. The van der Waals surface area contributed by atoms with Gasteiger partial charge in [0.1, 0.15) is 0 Å². The number of nitrogens with one attached hydrogen (secondary N) is 2. The van der Waals surface area contributed by atoms with E-state index in [4.69, 9.17) is 17.0 Å². The van der Waals surface area contributed by atoms with Crippen LogP contribution in [0, 0.1) is 11.8 Å². The Balaban J connectivity index is 1.81. The second-order valence-electron chi connectivity index (χ2n) is 8.17. The summed E-state index contributed by atoms with van der Waals surface area (Å²) in [5.41, 5.74) is 2.96. The average molecular weight is 416 g/mol. The van der Waals surface area contributed by atoms with Gasteiger partial charge in [-0.3, -0.25) is 4.79 Å². The van der Waals surface area contributed by atoms with E-state index in [-0.39, 0.29) is 23.7 Å². The van der Waals surface area contributed by atoms with E-state index < -0.39 is 6.04 Å². The number of hydrogen-bond acceptors (Lipinski definition) is 4. The summed E-state index contributed by atoms with van der Waals surface area (Å²) in [5.74, 6) is 0.129. The summed E-state index contributed by atoms with van der Waals surface area (Å²) in [6.07, 6.45) is 3.06.